The fourth-order valence-corrected chi connectivity index (χ4v) is 2.44. The number of nitrogens with zero attached hydrogens (tertiary/aromatic N) is 2. The first-order valence-corrected chi connectivity index (χ1v) is 7.74. The summed E-state index contributed by atoms with van der Waals surface area (Å²) >= 11 is 5.97. The van der Waals surface area contributed by atoms with Gasteiger partial charge in [-0.2, -0.15) is 0 Å². The van der Waals surface area contributed by atoms with Crippen LogP contribution in [-0.2, 0) is 7.05 Å². The number of rotatable bonds is 3. The number of aryl methyl sites for hydroxylation is 1. The Bertz CT molecular complexity index is 920. The van der Waals surface area contributed by atoms with Crippen molar-refractivity contribution in [1.29, 1.82) is 0 Å². The van der Waals surface area contributed by atoms with E-state index in [0.29, 0.717) is 22.4 Å². The van der Waals surface area contributed by atoms with Gasteiger partial charge in [0, 0.05) is 7.05 Å². The molecule has 128 valence electrons. The predicted molar refractivity (Wildman–Crippen MR) is 93.9 cm³/mol. The molecule has 0 saturated carbocycles. The van der Waals surface area contributed by atoms with E-state index in [1.54, 1.807) is 13.1 Å². The number of H-pyrrole nitrogens is 1. The molecule has 0 radical (unpaired) electrons. The van der Waals surface area contributed by atoms with Crippen molar-refractivity contribution in [2.24, 2.45) is 7.05 Å². The molecule has 0 spiro atoms. The lowest BCUT2D eigenvalue weighted by Gasteiger charge is -2.12. The van der Waals surface area contributed by atoms with Gasteiger partial charge in [0.05, 0.1) is 18.5 Å². The van der Waals surface area contributed by atoms with Crippen LogP contribution in [0.1, 0.15) is 13.8 Å². The summed E-state index contributed by atoms with van der Waals surface area (Å²) in [6.07, 6.45) is 0. The number of methoxy groups -OCH3 is 1. The van der Waals surface area contributed by atoms with Crippen LogP contribution in [0.3, 0.4) is 0 Å². The summed E-state index contributed by atoms with van der Waals surface area (Å²) in [6, 6.07) is 5.96. The van der Waals surface area contributed by atoms with Crippen molar-refractivity contribution >= 4 is 34.0 Å². The third-order valence-electron chi connectivity index (χ3n) is 3.22. The number of halogens is 2. The Hall–Kier alpha value is -2.54. The average Bonchev–Trinajstić information content (AvgIpc) is 2.84. The summed E-state index contributed by atoms with van der Waals surface area (Å²) in [6.45, 7) is 4.00. The van der Waals surface area contributed by atoms with E-state index in [4.69, 9.17) is 16.3 Å². The zero-order valence-corrected chi connectivity index (χ0v) is 14.5. The summed E-state index contributed by atoms with van der Waals surface area (Å²) < 4.78 is 20.1. The third-order valence-corrected chi connectivity index (χ3v) is 3.41. The highest BCUT2D eigenvalue weighted by atomic mass is 35.5. The largest absolute Gasteiger partial charge is 0.492 e. The van der Waals surface area contributed by atoms with Crippen LogP contribution in [0.5, 0.6) is 5.75 Å². The van der Waals surface area contributed by atoms with Gasteiger partial charge in [0.15, 0.2) is 17.2 Å². The Kier molecular flexibility index (Phi) is 5.46. The quantitative estimate of drug-likeness (QED) is 0.703. The smallest absolute Gasteiger partial charge is 0.277 e. The van der Waals surface area contributed by atoms with E-state index in [0.717, 1.165) is 0 Å². The number of aromatic nitrogens is 3. The van der Waals surface area contributed by atoms with Gasteiger partial charge < -0.3 is 10.1 Å². The van der Waals surface area contributed by atoms with Crippen molar-refractivity contribution in [3.05, 3.63) is 45.6 Å². The van der Waals surface area contributed by atoms with Gasteiger partial charge in [-0.1, -0.05) is 31.5 Å². The molecule has 0 fully saturated rings. The standard InChI is InChI=1S/C14H12ClFN4O2.C2H6/c1-20-14(21)11-9(6-10(15)18-13(11)19-20)17-8-5-3-4-7(16)12(8)22-2;1-2/h3-6H,1-2H3,(H2,17,18,19);1-2H3. The lowest BCUT2D eigenvalue weighted by Crippen LogP contribution is -2.12. The number of anilines is 2. The van der Waals surface area contributed by atoms with Gasteiger partial charge in [0.25, 0.3) is 5.56 Å². The van der Waals surface area contributed by atoms with Crippen LogP contribution in [0.25, 0.3) is 11.0 Å². The van der Waals surface area contributed by atoms with Crippen molar-refractivity contribution in [3.63, 3.8) is 0 Å². The maximum Gasteiger partial charge on any atom is 0.277 e. The van der Waals surface area contributed by atoms with Gasteiger partial charge in [-0.05, 0) is 18.2 Å². The first-order chi connectivity index (χ1) is 11.5. The number of fused-ring (bicyclic) bond motifs is 1. The molecule has 0 aliphatic heterocycles. The second-order valence-electron chi connectivity index (χ2n) is 4.64. The number of benzene rings is 1. The molecule has 0 amide bonds. The molecule has 2 heterocycles. The number of para-hydroxylation sites is 1. The first-order valence-electron chi connectivity index (χ1n) is 7.36. The Morgan fingerprint density at radius 1 is 1.33 bits per heavy atom. The van der Waals surface area contributed by atoms with E-state index in [-0.39, 0.29) is 16.5 Å². The molecule has 2 N–H and O–H groups in total. The lowest BCUT2D eigenvalue weighted by molar-refractivity contribution is 0.388. The molecular weight excluding hydrogens is 335 g/mol. The molecule has 24 heavy (non-hydrogen) atoms. The van der Waals surface area contributed by atoms with Crippen molar-refractivity contribution in [2.45, 2.75) is 13.8 Å². The highest BCUT2D eigenvalue weighted by Gasteiger charge is 2.15. The summed E-state index contributed by atoms with van der Waals surface area (Å²) in [5.41, 5.74) is 0.880. The van der Waals surface area contributed by atoms with Crippen LogP contribution in [0, 0.1) is 5.82 Å². The van der Waals surface area contributed by atoms with Gasteiger partial charge in [0.2, 0.25) is 0 Å². The first kappa shape index (κ1) is 17.8. The Morgan fingerprint density at radius 3 is 2.71 bits per heavy atom. The molecule has 1 aromatic carbocycles. The SMILES string of the molecule is CC.COc1c(F)cccc1Nc1cc(Cl)nc2[nH]n(C)c(=O)c12. The number of nitrogens with one attached hydrogen (secondary N) is 2. The third kappa shape index (κ3) is 3.21. The van der Waals surface area contributed by atoms with Crippen molar-refractivity contribution in [1.82, 2.24) is 14.8 Å². The lowest BCUT2D eigenvalue weighted by atomic mass is 10.2. The summed E-state index contributed by atoms with van der Waals surface area (Å²) in [5, 5.41) is 6.31. The zero-order valence-electron chi connectivity index (χ0n) is 13.8. The summed E-state index contributed by atoms with van der Waals surface area (Å²) in [5.74, 6) is -0.457. The fourth-order valence-electron chi connectivity index (χ4n) is 2.25. The van der Waals surface area contributed by atoms with Gasteiger partial charge >= 0.3 is 0 Å². The van der Waals surface area contributed by atoms with E-state index in [1.807, 2.05) is 13.8 Å². The molecule has 0 aliphatic rings. The van der Waals surface area contributed by atoms with Gasteiger partial charge in [-0.15, -0.1) is 0 Å². The molecule has 6 nitrogen and oxygen atoms in total. The second kappa shape index (κ2) is 7.35. The molecule has 0 aliphatic carbocycles. The van der Waals surface area contributed by atoms with Gasteiger partial charge in [-0.3, -0.25) is 14.6 Å². The monoisotopic (exact) mass is 352 g/mol. The molecule has 2 aromatic heterocycles. The van der Waals surface area contributed by atoms with E-state index < -0.39 is 5.82 Å². The Balaban J connectivity index is 0.00000100. The summed E-state index contributed by atoms with van der Waals surface area (Å²) in [7, 11) is 2.94. The van der Waals surface area contributed by atoms with Crippen LogP contribution in [-0.4, -0.2) is 21.9 Å². The average molecular weight is 353 g/mol. The van der Waals surface area contributed by atoms with Crippen LogP contribution in [0.15, 0.2) is 29.1 Å². The Morgan fingerprint density at radius 2 is 2.04 bits per heavy atom. The number of aromatic amines is 1. The van der Waals surface area contributed by atoms with E-state index in [1.165, 1.54) is 30.0 Å². The molecule has 8 heteroatoms. The molecule has 0 bridgehead atoms. The molecule has 3 aromatic rings. The predicted octanol–water partition coefficient (Wildman–Crippen LogP) is 3.83. The number of pyridine rings is 1. The maximum atomic E-state index is 13.8. The highest BCUT2D eigenvalue weighted by Crippen LogP contribution is 2.32. The van der Waals surface area contributed by atoms with Gasteiger partial charge in [0.1, 0.15) is 10.5 Å². The molecule has 0 atom stereocenters. The van der Waals surface area contributed by atoms with Crippen molar-refractivity contribution in [2.75, 3.05) is 12.4 Å². The maximum absolute atomic E-state index is 13.8. The minimum atomic E-state index is -0.508. The number of hydrogen-bond acceptors (Lipinski definition) is 4. The van der Waals surface area contributed by atoms with Crippen LogP contribution >= 0.6 is 11.6 Å². The van der Waals surface area contributed by atoms with E-state index in [9.17, 15) is 9.18 Å². The van der Waals surface area contributed by atoms with Crippen molar-refractivity contribution < 1.29 is 9.13 Å². The fraction of sp³-hybridized carbons (Fsp3) is 0.250. The van der Waals surface area contributed by atoms with Crippen LogP contribution in [0.4, 0.5) is 15.8 Å². The normalized spacial score (nSPS) is 10.2. The second-order valence-corrected chi connectivity index (χ2v) is 5.03. The van der Waals surface area contributed by atoms with Crippen LogP contribution in [0.2, 0.25) is 5.15 Å². The van der Waals surface area contributed by atoms with E-state index >= 15 is 0 Å². The summed E-state index contributed by atoms with van der Waals surface area (Å²) in [4.78, 5) is 16.2. The molecule has 3 rings (SSSR count). The zero-order chi connectivity index (χ0) is 17.9. The van der Waals surface area contributed by atoms with E-state index in [2.05, 4.69) is 15.4 Å². The molecule has 0 unspecified atom stereocenters. The number of ether oxygens (including phenoxy) is 1. The molecule has 0 saturated heterocycles. The topological polar surface area (TPSA) is 71.9 Å². The molecular formula is C16H18ClFN4O2. The van der Waals surface area contributed by atoms with Crippen molar-refractivity contribution in [3.8, 4) is 5.75 Å². The minimum absolute atomic E-state index is 0.0518. The minimum Gasteiger partial charge on any atom is -0.492 e. The Labute approximate surface area is 143 Å². The highest BCUT2D eigenvalue weighted by molar-refractivity contribution is 6.30. The van der Waals surface area contributed by atoms with Crippen LogP contribution < -0.4 is 15.6 Å². The van der Waals surface area contributed by atoms with Gasteiger partial charge in [-0.25, -0.2) is 9.37 Å². The number of hydrogen-bond donors (Lipinski definition) is 2.